The third kappa shape index (κ3) is 4.88. The van der Waals surface area contributed by atoms with Gasteiger partial charge < -0.3 is 14.9 Å². The number of carbonyl (C=O) groups is 1. The van der Waals surface area contributed by atoms with Gasteiger partial charge in [0.05, 0.1) is 18.7 Å². The first-order chi connectivity index (χ1) is 9.56. The van der Waals surface area contributed by atoms with Crippen molar-refractivity contribution >= 4 is 18.4 Å². The highest BCUT2D eigenvalue weighted by atomic mass is 35.5. The maximum absolute atomic E-state index is 11.6. The molecule has 0 spiro atoms. The summed E-state index contributed by atoms with van der Waals surface area (Å²) in [6, 6.07) is 8.86. The average Bonchev–Trinajstić information content (AvgIpc) is 2.87. The van der Waals surface area contributed by atoms with E-state index in [1.54, 1.807) is 20.0 Å². The third-order valence-corrected chi connectivity index (χ3v) is 2.66. The van der Waals surface area contributed by atoms with Crippen molar-refractivity contribution in [2.75, 3.05) is 0 Å². The molecule has 6 heteroatoms. The van der Waals surface area contributed by atoms with Gasteiger partial charge in [-0.25, -0.2) is 4.98 Å². The molecule has 0 fully saturated rings. The molecule has 2 N–H and O–H groups in total. The fourth-order valence-corrected chi connectivity index (χ4v) is 1.73. The maximum Gasteiger partial charge on any atom is 0.323 e. The molecule has 0 saturated heterocycles. The Kier molecular flexibility index (Phi) is 6.39. The Morgan fingerprint density at radius 2 is 2.00 bits per heavy atom. The minimum atomic E-state index is -0.764. The normalized spacial score (nSPS) is 11.8. The zero-order chi connectivity index (χ0) is 14.5. The first-order valence-corrected chi connectivity index (χ1v) is 6.52. The lowest BCUT2D eigenvalue weighted by molar-refractivity contribution is -0.149. The maximum atomic E-state index is 11.6. The van der Waals surface area contributed by atoms with Crippen molar-refractivity contribution < 1.29 is 13.9 Å². The van der Waals surface area contributed by atoms with Crippen LogP contribution in [0.2, 0.25) is 0 Å². The molecule has 1 aromatic heterocycles. The first-order valence-electron chi connectivity index (χ1n) is 6.52. The van der Waals surface area contributed by atoms with Gasteiger partial charge >= 0.3 is 5.97 Å². The second-order valence-corrected chi connectivity index (χ2v) is 4.78. The monoisotopic (exact) mass is 310 g/mol. The summed E-state index contributed by atoms with van der Waals surface area (Å²) in [5, 5.41) is 0. The van der Waals surface area contributed by atoms with Gasteiger partial charge in [-0.2, -0.15) is 0 Å². The van der Waals surface area contributed by atoms with Gasteiger partial charge in [0, 0.05) is 5.56 Å². The second kappa shape index (κ2) is 7.81. The number of nitrogens with two attached hydrogens (primary N) is 1. The van der Waals surface area contributed by atoms with Crippen LogP contribution >= 0.6 is 12.4 Å². The smallest absolute Gasteiger partial charge is 0.323 e. The number of aromatic nitrogens is 1. The fourth-order valence-electron chi connectivity index (χ4n) is 1.73. The number of hydrogen-bond acceptors (Lipinski definition) is 5. The van der Waals surface area contributed by atoms with E-state index in [4.69, 9.17) is 14.9 Å². The van der Waals surface area contributed by atoms with Crippen LogP contribution in [0.25, 0.3) is 11.3 Å². The molecule has 0 saturated carbocycles. The molecular weight excluding hydrogens is 292 g/mol. The number of esters is 1. The highest BCUT2D eigenvalue weighted by Crippen LogP contribution is 2.20. The van der Waals surface area contributed by atoms with Crippen LogP contribution in [0.3, 0.4) is 0 Å². The van der Waals surface area contributed by atoms with Gasteiger partial charge in [0.2, 0.25) is 0 Å². The van der Waals surface area contributed by atoms with Crippen molar-refractivity contribution in [1.29, 1.82) is 0 Å². The molecule has 2 rings (SSSR count). The molecular formula is C15H19ClN2O3. The number of oxazole rings is 1. The summed E-state index contributed by atoms with van der Waals surface area (Å²) in [6.45, 7) is 3.56. The molecule has 5 nitrogen and oxygen atoms in total. The van der Waals surface area contributed by atoms with Crippen LogP contribution in [0.1, 0.15) is 19.7 Å². The standard InChI is InChI=1S/C15H18N2O3.ClH/c1-10(2)19-15(18)12(16)8-14-17-9-13(20-14)11-6-4-3-5-7-11;/h3-7,9-10,12H,8,16H2,1-2H3;1H/t12-;/m0./s1. The first kappa shape index (κ1) is 17.2. The number of nitrogens with zero attached hydrogens (tertiary/aromatic N) is 1. The zero-order valence-corrected chi connectivity index (χ0v) is 12.8. The van der Waals surface area contributed by atoms with Crippen molar-refractivity contribution in [3.05, 3.63) is 42.4 Å². The van der Waals surface area contributed by atoms with Crippen LogP contribution in [0, 0.1) is 0 Å². The average molecular weight is 311 g/mol. The van der Waals surface area contributed by atoms with E-state index in [2.05, 4.69) is 4.98 Å². The molecule has 1 heterocycles. The minimum absolute atomic E-state index is 0. The number of benzene rings is 1. The lowest BCUT2D eigenvalue weighted by atomic mass is 10.2. The Morgan fingerprint density at radius 3 is 2.62 bits per heavy atom. The Labute approximate surface area is 129 Å². The number of hydrogen-bond donors (Lipinski definition) is 1. The van der Waals surface area contributed by atoms with Crippen LogP contribution in [0.15, 0.2) is 40.9 Å². The van der Waals surface area contributed by atoms with Crippen LogP contribution < -0.4 is 5.73 Å². The summed E-state index contributed by atoms with van der Waals surface area (Å²) in [7, 11) is 0. The number of carbonyl (C=O) groups excluding carboxylic acids is 1. The molecule has 2 aromatic rings. The molecule has 0 aliphatic heterocycles. The summed E-state index contributed by atoms with van der Waals surface area (Å²) in [5.41, 5.74) is 6.71. The van der Waals surface area contributed by atoms with Crippen LogP contribution in [0.5, 0.6) is 0 Å². The molecule has 0 radical (unpaired) electrons. The Morgan fingerprint density at radius 1 is 1.33 bits per heavy atom. The van der Waals surface area contributed by atoms with Gasteiger partial charge in [-0.3, -0.25) is 4.79 Å². The highest BCUT2D eigenvalue weighted by molar-refractivity contribution is 5.85. The second-order valence-electron chi connectivity index (χ2n) is 4.78. The molecule has 0 amide bonds. The van der Waals surface area contributed by atoms with Gasteiger partial charge in [-0.1, -0.05) is 30.3 Å². The molecule has 0 unspecified atom stereocenters. The molecule has 0 bridgehead atoms. The topological polar surface area (TPSA) is 78.4 Å². The van der Waals surface area contributed by atoms with Crippen LogP contribution in [-0.2, 0) is 16.0 Å². The van der Waals surface area contributed by atoms with Crippen molar-refractivity contribution in [3.63, 3.8) is 0 Å². The number of rotatable bonds is 5. The van der Waals surface area contributed by atoms with Gasteiger partial charge in [0.1, 0.15) is 6.04 Å². The van der Waals surface area contributed by atoms with Crippen molar-refractivity contribution in [3.8, 4) is 11.3 Å². The van der Waals surface area contributed by atoms with Crippen molar-refractivity contribution in [2.24, 2.45) is 5.73 Å². The van der Waals surface area contributed by atoms with Crippen LogP contribution in [-0.4, -0.2) is 23.1 Å². The fraction of sp³-hybridized carbons (Fsp3) is 0.333. The molecule has 1 aromatic carbocycles. The van der Waals surface area contributed by atoms with Crippen molar-refractivity contribution in [1.82, 2.24) is 4.98 Å². The van der Waals surface area contributed by atoms with Gasteiger partial charge in [0.15, 0.2) is 11.7 Å². The van der Waals surface area contributed by atoms with E-state index in [0.717, 1.165) is 5.56 Å². The highest BCUT2D eigenvalue weighted by Gasteiger charge is 2.19. The summed E-state index contributed by atoms with van der Waals surface area (Å²) in [6.07, 6.45) is 1.67. The van der Waals surface area contributed by atoms with E-state index in [1.807, 2.05) is 30.3 Å². The van der Waals surface area contributed by atoms with E-state index in [-0.39, 0.29) is 24.9 Å². The summed E-state index contributed by atoms with van der Waals surface area (Å²) >= 11 is 0. The van der Waals surface area contributed by atoms with E-state index in [1.165, 1.54) is 0 Å². The predicted molar refractivity (Wildman–Crippen MR) is 82.1 cm³/mol. The van der Waals surface area contributed by atoms with Gasteiger partial charge in [-0.05, 0) is 13.8 Å². The minimum Gasteiger partial charge on any atom is -0.462 e. The quantitative estimate of drug-likeness (QED) is 0.859. The lowest BCUT2D eigenvalue weighted by Crippen LogP contribution is -2.35. The van der Waals surface area contributed by atoms with Crippen LogP contribution in [0.4, 0.5) is 0 Å². The van der Waals surface area contributed by atoms with Crippen molar-refractivity contribution in [2.45, 2.75) is 32.4 Å². The Hall–Kier alpha value is -1.85. The zero-order valence-electron chi connectivity index (χ0n) is 12.0. The molecule has 0 aliphatic rings. The van der Waals surface area contributed by atoms with Gasteiger partial charge in [-0.15, -0.1) is 12.4 Å². The van der Waals surface area contributed by atoms with Gasteiger partial charge in [0.25, 0.3) is 0 Å². The van der Waals surface area contributed by atoms with E-state index in [9.17, 15) is 4.79 Å². The Balaban J connectivity index is 0.00000220. The number of halogens is 1. The summed E-state index contributed by atoms with van der Waals surface area (Å²) in [4.78, 5) is 15.8. The van der Waals surface area contributed by atoms with E-state index in [0.29, 0.717) is 11.7 Å². The number of ether oxygens (including phenoxy) is 1. The summed E-state index contributed by atoms with van der Waals surface area (Å²) in [5.74, 6) is 0.640. The van der Waals surface area contributed by atoms with E-state index < -0.39 is 12.0 Å². The third-order valence-electron chi connectivity index (χ3n) is 2.66. The Bertz CT molecular complexity index is 569. The molecule has 114 valence electrons. The molecule has 0 aliphatic carbocycles. The predicted octanol–water partition coefficient (Wildman–Crippen LogP) is 2.58. The van der Waals surface area contributed by atoms with E-state index >= 15 is 0 Å². The SMILES string of the molecule is CC(C)OC(=O)[C@@H](N)Cc1ncc(-c2ccccc2)o1.Cl. The molecule has 21 heavy (non-hydrogen) atoms. The lowest BCUT2D eigenvalue weighted by Gasteiger charge is -2.12. The summed E-state index contributed by atoms with van der Waals surface area (Å²) < 4.78 is 10.6. The molecule has 1 atom stereocenters. The largest absolute Gasteiger partial charge is 0.462 e.